The van der Waals surface area contributed by atoms with Crippen molar-refractivity contribution in [2.24, 2.45) is 5.92 Å². The van der Waals surface area contributed by atoms with Crippen LogP contribution in [-0.4, -0.2) is 38.0 Å². The van der Waals surface area contributed by atoms with E-state index in [0.29, 0.717) is 11.4 Å². The number of rotatable bonds is 7. The molecule has 3 rings (SSSR count). The number of aromatic nitrogens is 1. The second-order valence-corrected chi connectivity index (χ2v) is 6.03. The highest BCUT2D eigenvalue weighted by molar-refractivity contribution is 5.91. The molecule has 0 bridgehead atoms. The van der Waals surface area contributed by atoms with Crippen molar-refractivity contribution in [3.63, 3.8) is 0 Å². The van der Waals surface area contributed by atoms with E-state index in [1.807, 2.05) is 19.1 Å². The van der Waals surface area contributed by atoms with Crippen LogP contribution in [0.25, 0.3) is 10.9 Å². The molecule has 2 aromatic rings. The molecular weight excluding hydrogens is 295 g/mol. The maximum atomic E-state index is 13.9. The van der Waals surface area contributed by atoms with Crippen molar-refractivity contribution in [1.29, 1.82) is 0 Å². The number of pyridine rings is 1. The smallest absolute Gasteiger partial charge is 0.149 e. The molecule has 1 aromatic carbocycles. The molecule has 124 valence electrons. The second kappa shape index (κ2) is 7.70. The number of halogens is 1. The van der Waals surface area contributed by atoms with Gasteiger partial charge >= 0.3 is 0 Å². The van der Waals surface area contributed by atoms with E-state index in [1.54, 1.807) is 6.07 Å². The summed E-state index contributed by atoms with van der Waals surface area (Å²) in [5.41, 5.74) is 2.16. The quantitative estimate of drug-likeness (QED) is 0.793. The van der Waals surface area contributed by atoms with Crippen LogP contribution in [0.4, 0.5) is 10.1 Å². The van der Waals surface area contributed by atoms with E-state index < -0.39 is 0 Å². The van der Waals surface area contributed by atoms with Gasteiger partial charge in [-0.25, -0.2) is 9.37 Å². The molecule has 1 saturated heterocycles. The summed E-state index contributed by atoms with van der Waals surface area (Å²) in [7, 11) is 0. The Bertz CT molecular complexity index is 657. The molecule has 4 nitrogen and oxygen atoms in total. The van der Waals surface area contributed by atoms with Gasteiger partial charge in [0, 0.05) is 42.4 Å². The van der Waals surface area contributed by atoms with E-state index in [1.165, 1.54) is 6.07 Å². The molecule has 1 aliphatic heterocycles. The fourth-order valence-corrected chi connectivity index (χ4v) is 2.85. The Morgan fingerprint density at radius 3 is 3.17 bits per heavy atom. The Morgan fingerprint density at radius 1 is 1.43 bits per heavy atom. The van der Waals surface area contributed by atoms with Crippen LogP contribution in [0.5, 0.6) is 0 Å². The van der Waals surface area contributed by atoms with Gasteiger partial charge in [0.1, 0.15) is 11.3 Å². The average Bonchev–Trinajstić information content (AvgIpc) is 3.05. The molecule has 0 aliphatic carbocycles. The minimum atomic E-state index is -0.281. The van der Waals surface area contributed by atoms with Crippen molar-refractivity contribution in [2.45, 2.75) is 19.8 Å². The summed E-state index contributed by atoms with van der Waals surface area (Å²) in [5.74, 6) is 0.272. The highest BCUT2D eigenvalue weighted by atomic mass is 19.1. The molecule has 0 spiro atoms. The minimum absolute atomic E-state index is 0.281. The maximum Gasteiger partial charge on any atom is 0.149 e. The molecule has 23 heavy (non-hydrogen) atoms. The number of hydrogen-bond acceptors (Lipinski definition) is 4. The third-order valence-corrected chi connectivity index (χ3v) is 4.08. The molecule has 1 N–H and O–H groups in total. The van der Waals surface area contributed by atoms with Crippen molar-refractivity contribution >= 4 is 16.6 Å². The highest BCUT2D eigenvalue weighted by Crippen LogP contribution is 2.25. The summed E-state index contributed by atoms with van der Waals surface area (Å²) in [5, 5.41) is 4.19. The van der Waals surface area contributed by atoms with Gasteiger partial charge in [0.25, 0.3) is 0 Å². The Kier molecular flexibility index (Phi) is 5.41. The predicted molar refractivity (Wildman–Crippen MR) is 89.3 cm³/mol. The van der Waals surface area contributed by atoms with Gasteiger partial charge in [-0.1, -0.05) is 12.1 Å². The monoisotopic (exact) mass is 318 g/mol. The molecule has 2 heterocycles. The molecule has 1 aliphatic rings. The Balaban J connectivity index is 1.50. The molecule has 0 saturated carbocycles. The number of fused-ring (bicyclic) bond motifs is 1. The molecular formula is C18H23FN2O2. The Hall–Kier alpha value is -1.72. The second-order valence-electron chi connectivity index (χ2n) is 6.03. The zero-order valence-electron chi connectivity index (χ0n) is 13.5. The van der Waals surface area contributed by atoms with Gasteiger partial charge in [0.2, 0.25) is 0 Å². The van der Waals surface area contributed by atoms with Gasteiger partial charge in [-0.15, -0.1) is 0 Å². The van der Waals surface area contributed by atoms with E-state index in [0.717, 1.165) is 62.6 Å². The molecule has 1 aromatic heterocycles. The maximum absolute atomic E-state index is 13.9. The van der Waals surface area contributed by atoms with Gasteiger partial charge in [-0.2, -0.15) is 0 Å². The van der Waals surface area contributed by atoms with Gasteiger partial charge in [-0.05, 0) is 31.9 Å². The summed E-state index contributed by atoms with van der Waals surface area (Å²) >= 11 is 0. The lowest BCUT2D eigenvalue weighted by Crippen LogP contribution is -2.12. The fraction of sp³-hybridized carbons (Fsp3) is 0.500. The van der Waals surface area contributed by atoms with Crippen LogP contribution in [0.2, 0.25) is 0 Å². The first-order valence-electron chi connectivity index (χ1n) is 8.19. The third-order valence-electron chi connectivity index (χ3n) is 4.08. The Morgan fingerprint density at radius 2 is 2.35 bits per heavy atom. The fourth-order valence-electron chi connectivity index (χ4n) is 2.85. The van der Waals surface area contributed by atoms with E-state index in [2.05, 4.69) is 10.3 Å². The van der Waals surface area contributed by atoms with Crippen LogP contribution in [0.1, 0.15) is 18.5 Å². The topological polar surface area (TPSA) is 43.4 Å². The summed E-state index contributed by atoms with van der Waals surface area (Å²) in [6.45, 7) is 5.86. The molecule has 1 atom stereocenters. The molecule has 5 heteroatoms. The number of aryl methyl sites for hydroxylation is 1. The number of hydrogen-bond donors (Lipinski definition) is 1. The lowest BCUT2D eigenvalue weighted by Gasteiger charge is -2.12. The SMILES string of the molecule is Cc1cc(NCCCOCC2CCOC2)c2cccc(F)c2n1. The standard InChI is InChI=1S/C18H23FN2O2/c1-13-10-17(15-4-2-5-16(19)18(15)21-13)20-7-3-8-22-11-14-6-9-23-12-14/h2,4-5,10,14H,3,6-9,11-12H2,1H3,(H,20,21). The lowest BCUT2D eigenvalue weighted by atomic mass is 10.1. The molecule has 1 fully saturated rings. The van der Waals surface area contributed by atoms with Crippen LogP contribution in [0.3, 0.4) is 0 Å². The van der Waals surface area contributed by atoms with Crippen LogP contribution in [0, 0.1) is 18.7 Å². The van der Waals surface area contributed by atoms with E-state index in [-0.39, 0.29) is 5.82 Å². The van der Waals surface area contributed by atoms with Crippen molar-refractivity contribution in [1.82, 2.24) is 4.98 Å². The normalized spacial score (nSPS) is 17.7. The number of para-hydroxylation sites is 1. The zero-order chi connectivity index (χ0) is 16.1. The first-order valence-corrected chi connectivity index (χ1v) is 8.19. The third kappa shape index (κ3) is 4.18. The van der Waals surface area contributed by atoms with Crippen LogP contribution < -0.4 is 5.32 Å². The predicted octanol–water partition coefficient (Wildman–Crippen LogP) is 3.54. The minimum Gasteiger partial charge on any atom is -0.384 e. The first-order chi connectivity index (χ1) is 11.2. The Labute approximate surface area is 136 Å². The number of benzene rings is 1. The van der Waals surface area contributed by atoms with Crippen molar-refractivity contribution in [3.05, 3.63) is 35.8 Å². The van der Waals surface area contributed by atoms with Crippen molar-refractivity contribution in [3.8, 4) is 0 Å². The molecule has 0 radical (unpaired) electrons. The average molecular weight is 318 g/mol. The zero-order valence-corrected chi connectivity index (χ0v) is 13.5. The number of nitrogens with zero attached hydrogens (tertiary/aromatic N) is 1. The molecule has 0 amide bonds. The lowest BCUT2D eigenvalue weighted by molar-refractivity contribution is 0.0897. The summed E-state index contributed by atoms with van der Waals surface area (Å²) in [6, 6.07) is 7.01. The van der Waals surface area contributed by atoms with Gasteiger partial charge in [-0.3, -0.25) is 0 Å². The van der Waals surface area contributed by atoms with E-state index in [9.17, 15) is 4.39 Å². The van der Waals surface area contributed by atoms with Crippen molar-refractivity contribution < 1.29 is 13.9 Å². The van der Waals surface area contributed by atoms with Gasteiger partial charge in [0.05, 0.1) is 13.2 Å². The van der Waals surface area contributed by atoms with Gasteiger partial charge < -0.3 is 14.8 Å². The summed E-state index contributed by atoms with van der Waals surface area (Å²) in [4.78, 5) is 4.29. The van der Waals surface area contributed by atoms with Crippen LogP contribution in [-0.2, 0) is 9.47 Å². The number of ether oxygens (including phenoxy) is 2. The van der Waals surface area contributed by atoms with E-state index in [4.69, 9.17) is 9.47 Å². The van der Waals surface area contributed by atoms with Crippen LogP contribution >= 0.6 is 0 Å². The van der Waals surface area contributed by atoms with Gasteiger partial charge in [0.15, 0.2) is 0 Å². The molecule has 1 unspecified atom stereocenters. The number of nitrogens with one attached hydrogen (secondary N) is 1. The summed E-state index contributed by atoms with van der Waals surface area (Å²) in [6.07, 6.45) is 2.01. The summed E-state index contributed by atoms with van der Waals surface area (Å²) < 4.78 is 24.9. The van der Waals surface area contributed by atoms with Crippen LogP contribution in [0.15, 0.2) is 24.3 Å². The largest absolute Gasteiger partial charge is 0.384 e. The first kappa shape index (κ1) is 16.1. The number of anilines is 1. The highest BCUT2D eigenvalue weighted by Gasteiger charge is 2.15. The van der Waals surface area contributed by atoms with Crippen molar-refractivity contribution in [2.75, 3.05) is 38.3 Å². The van der Waals surface area contributed by atoms with E-state index >= 15 is 0 Å².